The van der Waals surface area contributed by atoms with E-state index in [1.807, 2.05) is 26.0 Å². The summed E-state index contributed by atoms with van der Waals surface area (Å²) in [5.41, 5.74) is 3.09. The number of hydrogen-bond donors (Lipinski definition) is 1. The van der Waals surface area contributed by atoms with Gasteiger partial charge in [-0.3, -0.25) is 4.79 Å². The Morgan fingerprint density at radius 3 is 2.56 bits per heavy atom. The van der Waals surface area contributed by atoms with E-state index < -0.39 is 0 Å². The Hall–Kier alpha value is -3.13. The summed E-state index contributed by atoms with van der Waals surface area (Å²) in [5.74, 6) is 0.00746. The maximum atomic E-state index is 13.0. The lowest BCUT2D eigenvalue weighted by molar-refractivity contribution is 0.0335. The van der Waals surface area contributed by atoms with Gasteiger partial charge >= 0.3 is 5.97 Å². The molecular formula is C28H35N3O4S. The van der Waals surface area contributed by atoms with Gasteiger partial charge in [-0.15, -0.1) is 11.3 Å². The van der Waals surface area contributed by atoms with Crippen molar-refractivity contribution in [1.29, 1.82) is 0 Å². The fourth-order valence-electron chi connectivity index (χ4n) is 4.11. The Labute approximate surface area is 216 Å². The Kier molecular flexibility index (Phi) is 7.83. The number of rotatable bonds is 8. The van der Waals surface area contributed by atoms with E-state index in [2.05, 4.69) is 43.3 Å². The minimum atomic E-state index is -0.365. The zero-order chi connectivity index (χ0) is 25.9. The molecule has 0 aliphatic heterocycles. The molecule has 0 spiro atoms. The van der Waals surface area contributed by atoms with Gasteiger partial charge in [0.05, 0.1) is 11.7 Å². The average molecular weight is 510 g/mol. The van der Waals surface area contributed by atoms with Crippen molar-refractivity contribution in [3.05, 3.63) is 63.8 Å². The van der Waals surface area contributed by atoms with E-state index in [9.17, 15) is 9.59 Å². The number of esters is 1. The van der Waals surface area contributed by atoms with Crippen LogP contribution < -0.4 is 10.1 Å². The van der Waals surface area contributed by atoms with Gasteiger partial charge in [0.25, 0.3) is 5.91 Å². The molecule has 1 amide bonds. The number of nitrogens with zero attached hydrogens (tertiary/aromatic N) is 2. The number of aryl methyl sites for hydroxylation is 1. The monoisotopic (exact) mass is 509 g/mol. The Balaban J connectivity index is 1.44. The first kappa shape index (κ1) is 25.9. The molecule has 0 saturated carbocycles. The van der Waals surface area contributed by atoms with Crippen LogP contribution in [0.15, 0.2) is 36.5 Å². The number of thiophene rings is 1. The smallest absolute Gasteiger partial charge is 0.341 e. The number of aromatic nitrogens is 2. The van der Waals surface area contributed by atoms with Crippen LogP contribution in [0.2, 0.25) is 0 Å². The molecule has 2 aromatic heterocycles. The number of carbonyl (C=O) groups excluding carboxylic acids is 2. The number of benzene rings is 1. The molecule has 8 heteroatoms. The first-order chi connectivity index (χ1) is 17.2. The highest BCUT2D eigenvalue weighted by molar-refractivity contribution is 7.17. The predicted molar refractivity (Wildman–Crippen MR) is 142 cm³/mol. The second-order valence-electron chi connectivity index (χ2n) is 10.3. The lowest BCUT2D eigenvalue weighted by Gasteiger charge is -2.19. The van der Waals surface area contributed by atoms with Crippen LogP contribution >= 0.6 is 11.3 Å². The molecular weight excluding hydrogens is 474 g/mol. The minimum Gasteiger partial charge on any atom is -0.471 e. The third kappa shape index (κ3) is 5.98. The van der Waals surface area contributed by atoms with Gasteiger partial charge in [0.15, 0.2) is 12.4 Å². The van der Waals surface area contributed by atoms with Crippen LogP contribution in [-0.4, -0.2) is 27.8 Å². The van der Waals surface area contributed by atoms with Gasteiger partial charge in [0.2, 0.25) is 0 Å². The van der Waals surface area contributed by atoms with E-state index in [0.29, 0.717) is 10.6 Å². The van der Waals surface area contributed by atoms with Crippen molar-refractivity contribution in [2.75, 3.05) is 5.32 Å². The summed E-state index contributed by atoms with van der Waals surface area (Å²) in [4.78, 5) is 27.2. The number of nitrogens with one attached hydrogen (secondary N) is 1. The second kappa shape index (κ2) is 10.9. The van der Waals surface area contributed by atoms with E-state index in [0.717, 1.165) is 48.3 Å². The third-order valence-corrected chi connectivity index (χ3v) is 7.65. The van der Waals surface area contributed by atoms with E-state index in [-0.39, 0.29) is 35.8 Å². The summed E-state index contributed by atoms with van der Waals surface area (Å²) in [6, 6.07) is 9.64. The van der Waals surface area contributed by atoms with Crippen LogP contribution in [-0.2, 0) is 29.7 Å². The van der Waals surface area contributed by atoms with Crippen LogP contribution in [0.3, 0.4) is 0 Å². The van der Waals surface area contributed by atoms with Crippen molar-refractivity contribution in [3.8, 4) is 5.75 Å². The SMILES string of the molecule is CCC(C)OC(=O)c1c(NC(=O)c2ccn(COc3ccc(C(C)(C)C)cc3)n2)sc2c1CCCC2. The molecule has 0 saturated heterocycles. The summed E-state index contributed by atoms with van der Waals surface area (Å²) < 4.78 is 13.0. The number of carbonyl (C=O) groups is 2. The second-order valence-corrected chi connectivity index (χ2v) is 11.4. The largest absolute Gasteiger partial charge is 0.471 e. The quantitative estimate of drug-likeness (QED) is 0.357. The number of hydrogen-bond acceptors (Lipinski definition) is 6. The Bertz CT molecular complexity index is 1220. The number of anilines is 1. The molecule has 1 N–H and O–H groups in total. The number of amides is 1. The maximum Gasteiger partial charge on any atom is 0.341 e. The highest BCUT2D eigenvalue weighted by Crippen LogP contribution is 2.39. The van der Waals surface area contributed by atoms with Crippen molar-refractivity contribution in [1.82, 2.24) is 9.78 Å². The van der Waals surface area contributed by atoms with Crippen molar-refractivity contribution in [3.63, 3.8) is 0 Å². The lowest BCUT2D eigenvalue weighted by Crippen LogP contribution is -2.19. The standard InChI is InChI=1S/C28H35N3O4S/c1-6-18(2)35-27(33)24-21-9-7-8-10-23(21)36-26(24)29-25(32)22-15-16-31(30-22)17-34-20-13-11-19(12-14-20)28(3,4)5/h11-16,18H,6-10,17H2,1-5H3,(H,29,32). The summed E-state index contributed by atoms with van der Waals surface area (Å²) in [5, 5.41) is 7.84. The maximum absolute atomic E-state index is 13.0. The topological polar surface area (TPSA) is 82.5 Å². The lowest BCUT2D eigenvalue weighted by atomic mass is 9.87. The van der Waals surface area contributed by atoms with E-state index in [1.165, 1.54) is 16.9 Å². The van der Waals surface area contributed by atoms with Gasteiger partial charge < -0.3 is 14.8 Å². The van der Waals surface area contributed by atoms with Gasteiger partial charge in [0.1, 0.15) is 10.8 Å². The summed E-state index contributed by atoms with van der Waals surface area (Å²) >= 11 is 1.47. The third-order valence-electron chi connectivity index (χ3n) is 6.44. The number of fused-ring (bicyclic) bond motifs is 1. The normalized spacial score (nSPS) is 14.1. The van der Waals surface area contributed by atoms with Gasteiger partial charge in [-0.1, -0.05) is 39.8 Å². The van der Waals surface area contributed by atoms with Gasteiger partial charge in [-0.25, -0.2) is 9.48 Å². The molecule has 0 fully saturated rings. The first-order valence-corrected chi connectivity index (χ1v) is 13.4. The highest BCUT2D eigenvalue weighted by atomic mass is 32.1. The van der Waals surface area contributed by atoms with Crippen molar-refractivity contribution < 1.29 is 19.1 Å². The molecule has 36 heavy (non-hydrogen) atoms. The Morgan fingerprint density at radius 2 is 1.86 bits per heavy atom. The fourth-order valence-corrected chi connectivity index (χ4v) is 5.38. The van der Waals surface area contributed by atoms with Crippen molar-refractivity contribution >= 4 is 28.2 Å². The summed E-state index contributed by atoms with van der Waals surface area (Å²) in [6.45, 7) is 10.5. The molecule has 2 heterocycles. The van der Waals surface area contributed by atoms with Crippen LogP contribution in [0.1, 0.15) is 90.7 Å². The molecule has 1 aromatic carbocycles. The average Bonchev–Trinajstić information content (AvgIpc) is 3.47. The van der Waals surface area contributed by atoms with Crippen LogP contribution in [0.5, 0.6) is 5.75 Å². The molecule has 0 radical (unpaired) electrons. The molecule has 192 valence electrons. The van der Waals surface area contributed by atoms with E-state index in [4.69, 9.17) is 9.47 Å². The number of ether oxygens (including phenoxy) is 2. The molecule has 0 bridgehead atoms. The molecule has 1 aliphatic rings. The minimum absolute atomic E-state index is 0.0788. The zero-order valence-electron chi connectivity index (χ0n) is 21.7. The molecule has 1 unspecified atom stereocenters. The summed E-state index contributed by atoms with van der Waals surface area (Å²) in [7, 11) is 0. The van der Waals surface area contributed by atoms with Gasteiger partial charge in [-0.05, 0) is 73.8 Å². The fraction of sp³-hybridized carbons (Fsp3) is 0.464. The van der Waals surface area contributed by atoms with E-state index in [1.54, 1.807) is 16.9 Å². The summed E-state index contributed by atoms with van der Waals surface area (Å²) in [6.07, 6.45) is 6.13. The molecule has 4 rings (SSSR count). The van der Waals surface area contributed by atoms with Gasteiger partial charge in [0, 0.05) is 11.1 Å². The molecule has 1 aliphatic carbocycles. The van der Waals surface area contributed by atoms with Gasteiger partial charge in [-0.2, -0.15) is 5.10 Å². The van der Waals surface area contributed by atoms with Crippen molar-refractivity contribution in [2.45, 2.75) is 85.0 Å². The van der Waals surface area contributed by atoms with Crippen molar-refractivity contribution in [2.24, 2.45) is 0 Å². The first-order valence-electron chi connectivity index (χ1n) is 12.6. The zero-order valence-corrected chi connectivity index (χ0v) is 22.5. The molecule has 3 aromatic rings. The van der Waals surface area contributed by atoms with Crippen LogP contribution in [0.4, 0.5) is 5.00 Å². The molecule has 7 nitrogen and oxygen atoms in total. The van der Waals surface area contributed by atoms with Crippen LogP contribution in [0.25, 0.3) is 0 Å². The van der Waals surface area contributed by atoms with E-state index >= 15 is 0 Å². The highest BCUT2D eigenvalue weighted by Gasteiger charge is 2.28. The predicted octanol–water partition coefficient (Wildman–Crippen LogP) is 6.37. The molecule has 1 atom stereocenters. The Morgan fingerprint density at radius 1 is 1.14 bits per heavy atom. The van der Waals surface area contributed by atoms with Crippen LogP contribution in [0, 0.1) is 0 Å².